The third-order valence-corrected chi connectivity index (χ3v) is 5.63. The van der Waals surface area contributed by atoms with Crippen LogP contribution in [0, 0.1) is 0 Å². The van der Waals surface area contributed by atoms with Crippen molar-refractivity contribution in [2.75, 3.05) is 6.61 Å². The predicted octanol–water partition coefficient (Wildman–Crippen LogP) is 6.91. The van der Waals surface area contributed by atoms with E-state index in [4.69, 9.17) is 20.9 Å². The first-order chi connectivity index (χ1) is 18.1. The Kier molecular flexibility index (Phi) is 6.76. The first-order valence-electron chi connectivity index (χ1n) is 11.0. The summed E-state index contributed by atoms with van der Waals surface area (Å²) >= 11 is 5.87. The van der Waals surface area contributed by atoms with Crippen LogP contribution in [0.2, 0.25) is 5.02 Å². The highest BCUT2D eigenvalue weighted by Crippen LogP contribution is 2.31. The van der Waals surface area contributed by atoms with Crippen molar-refractivity contribution in [3.05, 3.63) is 89.5 Å². The van der Waals surface area contributed by atoms with Crippen LogP contribution in [0.5, 0.6) is 5.75 Å². The van der Waals surface area contributed by atoms with Crippen molar-refractivity contribution < 1.29 is 35.9 Å². The summed E-state index contributed by atoms with van der Waals surface area (Å²) in [7, 11) is 0. The van der Waals surface area contributed by atoms with E-state index >= 15 is 8.78 Å². The molecule has 0 unspecified atom stereocenters. The van der Waals surface area contributed by atoms with E-state index < -0.39 is 30.5 Å². The minimum Gasteiger partial charge on any atom is -0.406 e. The summed E-state index contributed by atoms with van der Waals surface area (Å²) in [5.41, 5.74) is 2.32. The largest absolute Gasteiger partial charge is 0.573 e. The smallest absolute Gasteiger partial charge is 0.406 e. The maximum absolute atomic E-state index is 15.0. The number of fused-ring (bicyclic) bond motifs is 1. The number of halogens is 6. The molecule has 0 radical (unpaired) electrons. The third kappa shape index (κ3) is 5.76. The number of hydrogen-bond acceptors (Lipinski definition) is 6. The Morgan fingerprint density at radius 3 is 2.24 bits per heavy atom. The highest BCUT2D eigenvalue weighted by atomic mass is 35.5. The molecule has 0 spiro atoms. The van der Waals surface area contributed by atoms with Crippen LogP contribution in [0.15, 0.2) is 77.4 Å². The van der Waals surface area contributed by atoms with Crippen LogP contribution >= 0.6 is 11.6 Å². The molecular formula is C25H16ClF5N4O3. The second-order valence-corrected chi connectivity index (χ2v) is 8.56. The van der Waals surface area contributed by atoms with Crippen molar-refractivity contribution in [3.63, 3.8) is 0 Å². The number of benzene rings is 2. The number of aromatic nitrogens is 4. The molecular weight excluding hydrogens is 535 g/mol. The molecule has 0 aliphatic heterocycles. The molecule has 2 aromatic carbocycles. The van der Waals surface area contributed by atoms with Crippen molar-refractivity contribution in [3.8, 4) is 28.1 Å². The van der Waals surface area contributed by atoms with Gasteiger partial charge in [-0.25, -0.2) is 0 Å². The first kappa shape index (κ1) is 25.6. The van der Waals surface area contributed by atoms with E-state index in [0.29, 0.717) is 21.8 Å². The molecule has 0 aliphatic carbocycles. The van der Waals surface area contributed by atoms with E-state index in [1.165, 1.54) is 24.4 Å². The number of pyridine rings is 1. The molecule has 5 rings (SSSR count). The van der Waals surface area contributed by atoms with E-state index in [1.54, 1.807) is 36.4 Å². The SMILES string of the molecule is FC(F)(F)Oc1ccc(-c2ccc3nnc(C(F)(F)COCc4cc(-c5ccc(Cl)cc5)no4)n3c2)cc1. The second-order valence-electron chi connectivity index (χ2n) is 8.12. The van der Waals surface area contributed by atoms with Gasteiger partial charge in [0.15, 0.2) is 11.4 Å². The van der Waals surface area contributed by atoms with E-state index in [9.17, 15) is 13.2 Å². The zero-order valence-corrected chi connectivity index (χ0v) is 19.9. The topological polar surface area (TPSA) is 74.7 Å². The number of hydrogen-bond donors (Lipinski definition) is 0. The van der Waals surface area contributed by atoms with Gasteiger partial charge in [0.25, 0.3) is 0 Å². The lowest BCUT2D eigenvalue weighted by Crippen LogP contribution is -2.24. The Morgan fingerprint density at radius 2 is 1.53 bits per heavy atom. The molecule has 3 aromatic heterocycles. The Morgan fingerprint density at radius 1 is 0.842 bits per heavy atom. The normalized spacial score (nSPS) is 12.3. The summed E-state index contributed by atoms with van der Waals surface area (Å²) in [4.78, 5) is 0. The fraction of sp³-hybridized carbons (Fsp3) is 0.160. The van der Waals surface area contributed by atoms with Crippen LogP contribution in [0.4, 0.5) is 22.0 Å². The van der Waals surface area contributed by atoms with Crippen molar-refractivity contribution in [2.45, 2.75) is 18.9 Å². The molecule has 7 nitrogen and oxygen atoms in total. The van der Waals surface area contributed by atoms with Crippen molar-refractivity contribution >= 4 is 17.2 Å². The summed E-state index contributed by atoms with van der Waals surface area (Å²) in [5, 5.41) is 11.9. The minimum absolute atomic E-state index is 0.156. The van der Waals surface area contributed by atoms with Crippen molar-refractivity contribution in [1.29, 1.82) is 0 Å². The molecule has 0 saturated heterocycles. The lowest BCUT2D eigenvalue weighted by molar-refractivity contribution is -0.274. The maximum atomic E-state index is 15.0. The van der Waals surface area contributed by atoms with Gasteiger partial charge in [0, 0.05) is 22.8 Å². The fourth-order valence-corrected chi connectivity index (χ4v) is 3.77. The van der Waals surface area contributed by atoms with Gasteiger partial charge in [-0.05, 0) is 47.5 Å². The maximum Gasteiger partial charge on any atom is 0.573 e. The minimum atomic E-state index is -4.82. The van der Waals surface area contributed by atoms with Crippen LogP contribution in [0.25, 0.3) is 28.0 Å². The summed E-state index contributed by atoms with van der Waals surface area (Å²) in [6.45, 7) is -1.27. The van der Waals surface area contributed by atoms with Gasteiger partial charge in [0.05, 0.1) is 0 Å². The monoisotopic (exact) mass is 550 g/mol. The van der Waals surface area contributed by atoms with Gasteiger partial charge >= 0.3 is 12.3 Å². The highest BCUT2D eigenvalue weighted by molar-refractivity contribution is 6.30. The molecule has 0 N–H and O–H groups in total. The van der Waals surface area contributed by atoms with Crippen LogP contribution in [-0.2, 0) is 17.3 Å². The molecule has 5 aromatic rings. The standard InChI is InChI=1S/C25H16ClF5N4O3/c26-18-6-1-16(2-7-18)21-11-20(38-34-21)13-36-14-24(27,28)23-33-32-22-10-5-17(12-35(22)23)15-3-8-19(9-4-15)37-25(29,30)31/h1-12H,13-14H2. The molecule has 3 heterocycles. The highest BCUT2D eigenvalue weighted by Gasteiger charge is 2.38. The number of rotatable bonds is 8. The average molecular weight is 551 g/mol. The summed E-state index contributed by atoms with van der Waals surface area (Å²) < 4.78 is 82.6. The Labute approximate surface area is 216 Å². The van der Waals surface area contributed by atoms with Gasteiger partial charge in [-0.3, -0.25) is 4.40 Å². The van der Waals surface area contributed by atoms with Gasteiger partial charge in [-0.15, -0.1) is 23.4 Å². The lowest BCUT2D eigenvalue weighted by atomic mass is 10.1. The van der Waals surface area contributed by atoms with E-state index in [-0.39, 0.29) is 18.0 Å². The zero-order chi connectivity index (χ0) is 26.9. The first-order valence-corrected chi connectivity index (χ1v) is 11.3. The Bertz CT molecular complexity index is 1550. The van der Waals surface area contributed by atoms with Gasteiger partial charge in [0.2, 0.25) is 5.82 Å². The van der Waals surface area contributed by atoms with Crippen LogP contribution in [0.3, 0.4) is 0 Å². The van der Waals surface area contributed by atoms with Crippen molar-refractivity contribution in [1.82, 2.24) is 19.8 Å². The Hall–Kier alpha value is -4.03. The molecule has 0 saturated carbocycles. The van der Waals surface area contributed by atoms with Crippen LogP contribution < -0.4 is 4.74 Å². The molecule has 0 amide bonds. The lowest BCUT2D eigenvalue weighted by Gasteiger charge is -2.15. The van der Waals surface area contributed by atoms with E-state index in [0.717, 1.165) is 22.1 Å². The second kappa shape index (κ2) is 10.0. The van der Waals surface area contributed by atoms with Gasteiger partial charge in [0.1, 0.15) is 24.7 Å². The summed E-state index contributed by atoms with van der Waals surface area (Å²) in [5.74, 6) is -4.34. The Balaban J connectivity index is 1.28. The van der Waals surface area contributed by atoms with E-state index in [2.05, 4.69) is 20.1 Å². The van der Waals surface area contributed by atoms with E-state index in [1.807, 2.05) is 0 Å². The molecule has 0 aliphatic rings. The molecule has 13 heteroatoms. The molecule has 38 heavy (non-hydrogen) atoms. The third-order valence-electron chi connectivity index (χ3n) is 5.38. The predicted molar refractivity (Wildman–Crippen MR) is 126 cm³/mol. The quantitative estimate of drug-likeness (QED) is 0.195. The van der Waals surface area contributed by atoms with Crippen LogP contribution in [-0.4, -0.2) is 32.7 Å². The molecule has 0 fully saturated rings. The van der Waals surface area contributed by atoms with Gasteiger partial charge < -0.3 is 14.0 Å². The zero-order valence-electron chi connectivity index (χ0n) is 19.1. The van der Waals surface area contributed by atoms with Gasteiger partial charge in [-0.1, -0.05) is 41.0 Å². The summed E-state index contributed by atoms with van der Waals surface area (Å²) in [6, 6.07) is 16.5. The number of nitrogens with zero attached hydrogens (tertiary/aromatic N) is 4. The van der Waals surface area contributed by atoms with Crippen LogP contribution in [0.1, 0.15) is 11.6 Å². The number of ether oxygens (including phenoxy) is 2. The average Bonchev–Trinajstić information content (AvgIpc) is 3.51. The molecule has 0 bridgehead atoms. The fourth-order valence-electron chi connectivity index (χ4n) is 3.64. The summed E-state index contributed by atoms with van der Waals surface area (Å²) in [6.07, 6.45) is -3.45. The molecule has 196 valence electrons. The van der Waals surface area contributed by atoms with Gasteiger partial charge in [-0.2, -0.15) is 8.78 Å². The van der Waals surface area contributed by atoms with Crippen molar-refractivity contribution in [2.24, 2.45) is 0 Å². The number of alkyl halides is 5. The molecule has 0 atom stereocenters.